The Morgan fingerprint density at radius 3 is 2.15 bits per heavy atom. The minimum absolute atomic E-state index is 0.0402. The van der Waals surface area contributed by atoms with Crippen molar-refractivity contribution in [1.29, 1.82) is 0 Å². The maximum Gasteiger partial charge on any atom is 0.338 e. The molecule has 0 amide bonds. The molecule has 0 bridgehead atoms. The fourth-order valence-corrected chi connectivity index (χ4v) is 3.62. The fraction of sp³-hybridized carbons (Fsp3) is 0.222. The summed E-state index contributed by atoms with van der Waals surface area (Å²) in [5.41, 5.74) is 0.512. The molecule has 2 aromatic rings. The molecule has 0 radical (unpaired) electrons. The van der Waals surface area contributed by atoms with Crippen LogP contribution in [0.25, 0.3) is 0 Å². The van der Waals surface area contributed by atoms with Crippen LogP contribution in [0.15, 0.2) is 59.5 Å². The van der Waals surface area contributed by atoms with E-state index in [1.54, 1.807) is 25.1 Å². The fourth-order valence-electron chi connectivity index (χ4n) is 2.19. The van der Waals surface area contributed by atoms with E-state index in [1.807, 2.05) is 0 Å². The maximum absolute atomic E-state index is 12.9. The van der Waals surface area contributed by atoms with Gasteiger partial charge in [-0.3, -0.25) is 9.10 Å². The van der Waals surface area contributed by atoms with Crippen LogP contribution in [0, 0.1) is 0 Å². The van der Waals surface area contributed by atoms with E-state index in [4.69, 9.17) is 4.74 Å². The molecule has 0 saturated heterocycles. The highest BCUT2D eigenvalue weighted by Crippen LogP contribution is 2.24. The number of carbonyl (C=O) groups excluding carboxylic acids is 2. The second-order valence-corrected chi connectivity index (χ2v) is 7.03. The molecule has 26 heavy (non-hydrogen) atoms. The monoisotopic (exact) mass is 377 g/mol. The SMILES string of the molecule is CCOC(=O)c1ccc(N(CC(=O)OC)S(=O)(=O)c2ccccc2)cc1. The van der Waals surface area contributed by atoms with Crippen molar-refractivity contribution in [2.75, 3.05) is 24.6 Å². The summed E-state index contributed by atoms with van der Waals surface area (Å²) >= 11 is 0. The number of ether oxygens (including phenoxy) is 2. The van der Waals surface area contributed by atoms with Gasteiger partial charge in [0.1, 0.15) is 6.54 Å². The van der Waals surface area contributed by atoms with Crippen LogP contribution in [0.2, 0.25) is 0 Å². The molecular weight excluding hydrogens is 358 g/mol. The van der Waals surface area contributed by atoms with Gasteiger partial charge >= 0.3 is 11.9 Å². The Balaban J connectivity index is 2.42. The molecule has 0 heterocycles. The van der Waals surface area contributed by atoms with Crippen molar-refractivity contribution >= 4 is 27.6 Å². The molecule has 7 nitrogen and oxygen atoms in total. The summed E-state index contributed by atoms with van der Waals surface area (Å²) in [6, 6.07) is 13.5. The number of carbonyl (C=O) groups is 2. The normalized spacial score (nSPS) is 10.8. The first-order chi connectivity index (χ1) is 12.4. The zero-order chi connectivity index (χ0) is 19.2. The zero-order valence-corrected chi connectivity index (χ0v) is 15.2. The molecule has 138 valence electrons. The van der Waals surface area contributed by atoms with Gasteiger partial charge in [0.05, 0.1) is 29.9 Å². The standard InChI is InChI=1S/C18H19NO6S/c1-3-25-18(21)14-9-11-15(12-10-14)19(13-17(20)24-2)26(22,23)16-7-5-4-6-8-16/h4-12H,3,13H2,1-2H3. The second-order valence-electron chi connectivity index (χ2n) is 5.17. The first-order valence-corrected chi connectivity index (χ1v) is 9.26. The van der Waals surface area contributed by atoms with Crippen molar-refractivity contribution in [2.45, 2.75) is 11.8 Å². The van der Waals surface area contributed by atoms with Crippen LogP contribution in [0.4, 0.5) is 5.69 Å². The van der Waals surface area contributed by atoms with Crippen molar-refractivity contribution in [3.8, 4) is 0 Å². The molecule has 0 saturated carbocycles. The van der Waals surface area contributed by atoms with E-state index in [-0.39, 0.29) is 22.8 Å². The number of nitrogens with zero attached hydrogens (tertiary/aromatic N) is 1. The molecule has 0 N–H and O–H groups in total. The van der Waals surface area contributed by atoms with Crippen molar-refractivity contribution in [3.63, 3.8) is 0 Å². The van der Waals surface area contributed by atoms with Crippen LogP contribution < -0.4 is 4.31 Å². The average Bonchev–Trinajstić information content (AvgIpc) is 2.66. The van der Waals surface area contributed by atoms with E-state index >= 15 is 0 Å². The molecule has 0 spiro atoms. The average molecular weight is 377 g/mol. The summed E-state index contributed by atoms with van der Waals surface area (Å²) < 4.78 is 36.3. The van der Waals surface area contributed by atoms with E-state index in [1.165, 1.54) is 43.5 Å². The van der Waals surface area contributed by atoms with Crippen molar-refractivity contribution in [3.05, 3.63) is 60.2 Å². The van der Waals surface area contributed by atoms with Crippen LogP contribution in [0.3, 0.4) is 0 Å². The van der Waals surface area contributed by atoms with E-state index < -0.39 is 28.5 Å². The van der Waals surface area contributed by atoms with Crippen LogP contribution in [-0.2, 0) is 24.3 Å². The minimum atomic E-state index is -3.99. The van der Waals surface area contributed by atoms with Gasteiger partial charge in [0.25, 0.3) is 10.0 Å². The van der Waals surface area contributed by atoms with Gasteiger partial charge in [0.2, 0.25) is 0 Å². The lowest BCUT2D eigenvalue weighted by molar-refractivity contribution is -0.138. The summed E-state index contributed by atoms with van der Waals surface area (Å²) in [6.07, 6.45) is 0. The van der Waals surface area contributed by atoms with Crippen molar-refractivity contribution < 1.29 is 27.5 Å². The second kappa shape index (κ2) is 8.48. The summed E-state index contributed by atoms with van der Waals surface area (Å²) in [5, 5.41) is 0. The predicted octanol–water partition coefficient (Wildman–Crippen LogP) is 2.23. The molecule has 2 rings (SSSR count). The molecule has 0 aliphatic carbocycles. The van der Waals surface area contributed by atoms with E-state index in [0.29, 0.717) is 0 Å². The van der Waals surface area contributed by atoms with Gasteiger partial charge in [-0.15, -0.1) is 0 Å². The maximum atomic E-state index is 12.9. The van der Waals surface area contributed by atoms with E-state index in [9.17, 15) is 18.0 Å². The third-order valence-corrected chi connectivity index (χ3v) is 5.29. The van der Waals surface area contributed by atoms with Crippen LogP contribution in [0.1, 0.15) is 17.3 Å². The third-order valence-electron chi connectivity index (χ3n) is 3.50. The van der Waals surface area contributed by atoms with Gasteiger partial charge < -0.3 is 9.47 Å². The highest BCUT2D eigenvalue weighted by Gasteiger charge is 2.27. The molecule has 2 aromatic carbocycles. The molecular formula is C18H19NO6S. The molecule has 8 heteroatoms. The summed E-state index contributed by atoms with van der Waals surface area (Å²) in [5.74, 6) is -1.22. The highest BCUT2D eigenvalue weighted by molar-refractivity contribution is 7.92. The zero-order valence-electron chi connectivity index (χ0n) is 14.4. The summed E-state index contributed by atoms with van der Waals surface area (Å²) in [6.45, 7) is 1.43. The third kappa shape index (κ3) is 4.40. The van der Waals surface area contributed by atoms with Crippen molar-refractivity contribution in [2.24, 2.45) is 0 Å². The summed E-state index contributed by atoms with van der Waals surface area (Å²) in [7, 11) is -2.81. The summed E-state index contributed by atoms with van der Waals surface area (Å²) in [4.78, 5) is 23.5. The molecule has 0 fully saturated rings. The van der Waals surface area contributed by atoms with Gasteiger partial charge in [0, 0.05) is 0 Å². The lowest BCUT2D eigenvalue weighted by Gasteiger charge is -2.23. The number of sulfonamides is 1. The quantitative estimate of drug-likeness (QED) is 0.688. The van der Waals surface area contributed by atoms with Crippen molar-refractivity contribution in [1.82, 2.24) is 0 Å². The number of anilines is 1. The number of rotatable bonds is 7. The van der Waals surface area contributed by atoms with Gasteiger partial charge in [-0.2, -0.15) is 0 Å². The Morgan fingerprint density at radius 2 is 1.62 bits per heavy atom. The Bertz CT molecular complexity index is 862. The number of esters is 2. The lowest BCUT2D eigenvalue weighted by Crippen LogP contribution is -2.36. The van der Waals surface area contributed by atoms with Crippen LogP contribution in [-0.4, -0.2) is 40.6 Å². The van der Waals surface area contributed by atoms with Gasteiger partial charge in [-0.25, -0.2) is 13.2 Å². The van der Waals surface area contributed by atoms with Gasteiger partial charge in [0.15, 0.2) is 0 Å². The van der Waals surface area contributed by atoms with E-state index in [2.05, 4.69) is 4.74 Å². The Kier molecular flexibility index (Phi) is 6.35. The Hall–Kier alpha value is -2.87. The molecule has 0 aliphatic heterocycles. The Labute approximate surface area is 152 Å². The number of hydrogen-bond donors (Lipinski definition) is 0. The Morgan fingerprint density at radius 1 is 1.00 bits per heavy atom. The minimum Gasteiger partial charge on any atom is -0.468 e. The van der Waals surface area contributed by atoms with Crippen LogP contribution >= 0.6 is 0 Å². The molecule has 0 aromatic heterocycles. The lowest BCUT2D eigenvalue weighted by atomic mass is 10.2. The number of methoxy groups -OCH3 is 1. The first-order valence-electron chi connectivity index (χ1n) is 7.82. The molecule has 0 atom stereocenters. The number of benzene rings is 2. The molecule has 0 aliphatic rings. The number of hydrogen-bond acceptors (Lipinski definition) is 6. The predicted molar refractivity (Wildman–Crippen MR) is 95.4 cm³/mol. The van der Waals surface area contributed by atoms with Gasteiger partial charge in [-0.05, 0) is 43.3 Å². The van der Waals surface area contributed by atoms with Crippen LogP contribution in [0.5, 0.6) is 0 Å². The smallest absolute Gasteiger partial charge is 0.338 e. The topological polar surface area (TPSA) is 90.0 Å². The van der Waals surface area contributed by atoms with Gasteiger partial charge in [-0.1, -0.05) is 18.2 Å². The largest absolute Gasteiger partial charge is 0.468 e. The van der Waals surface area contributed by atoms with E-state index in [0.717, 1.165) is 4.31 Å². The highest BCUT2D eigenvalue weighted by atomic mass is 32.2. The molecule has 0 unspecified atom stereocenters. The first kappa shape index (κ1) is 19.5.